The Bertz CT molecular complexity index is 431. The summed E-state index contributed by atoms with van der Waals surface area (Å²) < 4.78 is 25.5. The topological polar surface area (TPSA) is 70.4 Å². The number of aliphatic hydroxyl groups excluding tert-OH is 2. The molecule has 0 spiro atoms. The van der Waals surface area contributed by atoms with E-state index in [1.54, 1.807) is 0 Å². The van der Waals surface area contributed by atoms with Gasteiger partial charge in [0.15, 0.2) is 10.9 Å². The molecule has 4 nitrogen and oxygen atoms in total. The molecule has 2 unspecified atom stereocenters. The maximum absolute atomic E-state index is 12.9. The zero-order chi connectivity index (χ0) is 13.7. The Hall–Kier alpha value is -1.05. The van der Waals surface area contributed by atoms with E-state index < -0.39 is 24.0 Å². The lowest BCUT2D eigenvalue weighted by Crippen LogP contribution is -2.19. The highest BCUT2D eigenvalue weighted by atomic mass is 32.2. The van der Waals surface area contributed by atoms with E-state index in [4.69, 9.17) is 0 Å². The van der Waals surface area contributed by atoms with Crippen molar-refractivity contribution in [1.29, 1.82) is 0 Å². The van der Waals surface area contributed by atoms with Gasteiger partial charge in [0.05, 0.1) is 6.10 Å². The number of aromatic nitrogens is 1. The molecule has 1 aromatic rings. The monoisotopic (exact) mass is 277 g/mol. The number of halogens is 2. The zero-order valence-corrected chi connectivity index (χ0v) is 10.5. The van der Waals surface area contributed by atoms with Gasteiger partial charge in [0.25, 0.3) is 0 Å². The van der Waals surface area contributed by atoms with Gasteiger partial charge in [-0.05, 0) is 12.5 Å². The van der Waals surface area contributed by atoms with Crippen molar-refractivity contribution in [2.24, 2.45) is 0 Å². The predicted molar refractivity (Wildman–Crippen MR) is 62.9 cm³/mol. The van der Waals surface area contributed by atoms with Gasteiger partial charge in [0.2, 0.25) is 5.95 Å². The second-order valence-corrected chi connectivity index (χ2v) is 4.95. The molecule has 0 aromatic carbocycles. The van der Waals surface area contributed by atoms with Gasteiger partial charge in [0, 0.05) is 24.4 Å². The van der Waals surface area contributed by atoms with Crippen LogP contribution in [0.25, 0.3) is 0 Å². The van der Waals surface area contributed by atoms with E-state index in [9.17, 15) is 23.8 Å². The van der Waals surface area contributed by atoms with E-state index in [1.165, 1.54) is 6.92 Å². The number of carbonyl (C=O) groups is 1. The minimum absolute atomic E-state index is 0.00535. The van der Waals surface area contributed by atoms with Crippen molar-refractivity contribution in [2.45, 2.75) is 25.6 Å². The molecule has 0 bridgehead atoms. The van der Waals surface area contributed by atoms with Crippen molar-refractivity contribution in [2.75, 3.05) is 5.75 Å². The first kappa shape index (κ1) is 15.0. The molecule has 0 fully saturated rings. The summed E-state index contributed by atoms with van der Waals surface area (Å²) in [4.78, 5) is 13.8. The lowest BCUT2D eigenvalue weighted by molar-refractivity contribution is -0.109. The van der Waals surface area contributed by atoms with Crippen molar-refractivity contribution < 1.29 is 23.8 Å². The van der Waals surface area contributed by atoms with Crippen LogP contribution >= 0.6 is 11.8 Å². The van der Waals surface area contributed by atoms with Gasteiger partial charge in [-0.25, -0.2) is 9.37 Å². The number of thioether (sulfide) groups is 1. The van der Waals surface area contributed by atoms with E-state index in [2.05, 4.69) is 4.98 Å². The number of carbonyl (C=O) groups excluding carboxylic acids is 1. The van der Waals surface area contributed by atoms with Gasteiger partial charge in [0.1, 0.15) is 6.10 Å². The fourth-order valence-corrected chi connectivity index (χ4v) is 1.95. The molecule has 0 saturated carbocycles. The summed E-state index contributed by atoms with van der Waals surface area (Å²) >= 11 is 1.02. The first-order valence-electron chi connectivity index (χ1n) is 5.22. The molecule has 2 N–H and O–H groups in total. The number of hydrogen-bond acceptors (Lipinski definition) is 5. The summed E-state index contributed by atoms with van der Waals surface area (Å²) in [6, 6.07) is 0.786. The lowest BCUT2D eigenvalue weighted by atomic mass is 10.0. The standard InChI is InChI=1S/C11H13F2NO3S/c1-6(15)18-3-2-9(16)10(17)7-4-8(12)11(13)14-5-7/h4-5,9-10,16-17H,2-3H2,1H3. The van der Waals surface area contributed by atoms with Crippen molar-refractivity contribution in [3.05, 3.63) is 29.6 Å². The molecule has 0 aliphatic heterocycles. The first-order valence-corrected chi connectivity index (χ1v) is 6.20. The Morgan fingerprint density at radius 2 is 2.17 bits per heavy atom. The lowest BCUT2D eigenvalue weighted by Gasteiger charge is -2.17. The number of hydrogen-bond donors (Lipinski definition) is 2. The summed E-state index contributed by atoms with van der Waals surface area (Å²) in [5, 5.41) is 19.2. The van der Waals surface area contributed by atoms with Gasteiger partial charge >= 0.3 is 0 Å². The number of nitrogens with zero attached hydrogens (tertiary/aromatic N) is 1. The summed E-state index contributed by atoms with van der Waals surface area (Å²) in [5.74, 6) is -2.10. The Labute approximate surface area is 107 Å². The highest BCUT2D eigenvalue weighted by Gasteiger charge is 2.20. The maximum atomic E-state index is 12.9. The Balaban J connectivity index is 2.59. The largest absolute Gasteiger partial charge is 0.390 e. The van der Waals surface area contributed by atoms with Crippen LogP contribution in [0.15, 0.2) is 12.3 Å². The first-order chi connectivity index (χ1) is 8.41. The van der Waals surface area contributed by atoms with Crippen molar-refractivity contribution in [3.63, 3.8) is 0 Å². The highest BCUT2D eigenvalue weighted by Crippen LogP contribution is 2.21. The van der Waals surface area contributed by atoms with Gasteiger partial charge in [-0.2, -0.15) is 4.39 Å². The van der Waals surface area contributed by atoms with Crippen LogP contribution < -0.4 is 0 Å². The average molecular weight is 277 g/mol. The molecule has 1 aromatic heterocycles. The third-order valence-corrected chi connectivity index (χ3v) is 3.09. The molecule has 0 saturated heterocycles. The Morgan fingerprint density at radius 3 is 2.72 bits per heavy atom. The van der Waals surface area contributed by atoms with Crippen LogP contribution in [-0.2, 0) is 4.79 Å². The Kier molecular flexibility index (Phi) is 5.64. The second-order valence-electron chi connectivity index (χ2n) is 3.68. The van der Waals surface area contributed by atoms with Gasteiger partial charge in [-0.15, -0.1) is 0 Å². The molecule has 1 rings (SSSR count). The van der Waals surface area contributed by atoms with Crippen LogP contribution in [0.5, 0.6) is 0 Å². The fraction of sp³-hybridized carbons (Fsp3) is 0.455. The fourth-order valence-electron chi connectivity index (χ4n) is 1.30. The number of rotatable bonds is 5. The van der Waals surface area contributed by atoms with Crippen molar-refractivity contribution in [3.8, 4) is 0 Å². The van der Waals surface area contributed by atoms with E-state index in [1.807, 2.05) is 0 Å². The second kappa shape index (κ2) is 6.77. The van der Waals surface area contributed by atoms with Crippen molar-refractivity contribution in [1.82, 2.24) is 4.98 Å². The minimum Gasteiger partial charge on any atom is -0.390 e. The summed E-state index contributed by atoms with van der Waals surface area (Å²) in [7, 11) is 0. The van der Waals surface area contributed by atoms with Crippen LogP contribution in [0.2, 0.25) is 0 Å². The molecule has 7 heteroatoms. The van der Waals surface area contributed by atoms with Crippen molar-refractivity contribution >= 4 is 16.9 Å². The molecule has 2 atom stereocenters. The van der Waals surface area contributed by atoms with Gasteiger partial charge in [-0.1, -0.05) is 11.8 Å². The third kappa shape index (κ3) is 4.32. The number of aliphatic hydroxyl groups is 2. The van der Waals surface area contributed by atoms with E-state index >= 15 is 0 Å². The van der Waals surface area contributed by atoms with Gasteiger partial charge < -0.3 is 10.2 Å². The number of pyridine rings is 1. The predicted octanol–water partition coefficient (Wildman–Crippen LogP) is 1.42. The quantitative estimate of drug-likeness (QED) is 0.797. The van der Waals surface area contributed by atoms with Crippen LogP contribution in [0.4, 0.5) is 8.78 Å². The minimum atomic E-state index is -1.36. The average Bonchev–Trinajstić information content (AvgIpc) is 2.31. The molecule has 100 valence electrons. The molecular formula is C11H13F2NO3S. The zero-order valence-electron chi connectivity index (χ0n) is 9.64. The van der Waals surface area contributed by atoms with Crippen LogP contribution in [0.1, 0.15) is 25.0 Å². The molecular weight excluding hydrogens is 264 g/mol. The van der Waals surface area contributed by atoms with Crippen LogP contribution in [0, 0.1) is 11.8 Å². The normalized spacial score (nSPS) is 14.3. The summed E-state index contributed by atoms with van der Waals surface area (Å²) in [6.45, 7) is 1.40. The third-order valence-electron chi connectivity index (χ3n) is 2.24. The molecule has 18 heavy (non-hydrogen) atoms. The SMILES string of the molecule is CC(=O)SCCC(O)C(O)c1cnc(F)c(F)c1. The maximum Gasteiger partial charge on any atom is 0.248 e. The molecule has 0 radical (unpaired) electrons. The smallest absolute Gasteiger partial charge is 0.248 e. The molecule has 0 amide bonds. The van der Waals surface area contributed by atoms with E-state index in [0.29, 0.717) is 5.75 Å². The van der Waals surface area contributed by atoms with E-state index in [-0.39, 0.29) is 17.1 Å². The summed E-state index contributed by atoms with van der Waals surface area (Å²) in [6.07, 6.45) is -1.40. The van der Waals surface area contributed by atoms with E-state index in [0.717, 1.165) is 24.0 Å². The van der Waals surface area contributed by atoms with Crippen LogP contribution in [0.3, 0.4) is 0 Å². The molecule has 0 aliphatic rings. The molecule has 0 aliphatic carbocycles. The van der Waals surface area contributed by atoms with Gasteiger partial charge in [-0.3, -0.25) is 4.79 Å². The highest BCUT2D eigenvalue weighted by molar-refractivity contribution is 8.13. The molecule has 1 heterocycles. The summed E-state index contributed by atoms with van der Waals surface area (Å²) in [5.41, 5.74) is -0.00535. The Morgan fingerprint density at radius 1 is 1.50 bits per heavy atom. The van der Waals surface area contributed by atoms with Crippen LogP contribution in [-0.4, -0.2) is 32.2 Å².